The summed E-state index contributed by atoms with van der Waals surface area (Å²) in [5, 5.41) is 7.82. The van der Waals surface area contributed by atoms with Crippen molar-refractivity contribution in [3.05, 3.63) is 74.3 Å². The Morgan fingerprint density at radius 2 is 1.07 bits per heavy atom. The van der Waals surface area contributed by atoms with Gasteiger partial charge >= 0.3 is 0 Å². The second-order valence-corrected chi connectivity index (χ2v) is 2.27. The molecule has 2 nitrogen and oxygen atoms in total. The quantitative estimate of drug-likeness (QED) is 0.481. The molecule has 90 valence electrons. The van der Waals surface area contributed by atoms with E-state index < -0.39 is 0 Å². The van der Waals surface area contributed by atoms with Crippen molar-refractivity contribution in [2.45, 2.75) is 0 Å². The molecule has 0 saturated heterocycles. The van der Waals surface area contributed by atoms with E-state index in [-0.39, 0.29) is 35.3 Å². The molecule has 0 aliphatic carbocycles. The van der Waals surface area contributed by atoms with Crippen molar-refractivity contribution in [2.24, 2.45) is 0 Å². The fourth-order valence-electron chi connectivity index (χ4n) is 0.743. The van der Waals surface area contributed by atoms with Crippen LogP contribution < -0.4 is 0 Å². The third kappa shape index (κ3) is 13.2. The van der Waals surface area contributed by atoms with Crippen LogP contribution >= 0.6 is 0 Å². The Labute approximate surface area is 108 Å². The fraction of sp³-hybridized carbons (Fsp3) is 0.167. The molecule has 2 rings (SSSR count). The van der Waals surface area contributed by atoms with Crippen molar-refractivity contribution >= 4 is 0 Å². The number of hydrogen-bond acceptors (Lipinski definition) is 0. The summed E-state index contributed by atoms with van der Waals surface area (Å²) < 4.78 is 0. The number of allylic oxidation sites excluding steroid dienone is 4. The predicted molar refractivity (Wildman–Crippen MR) is 65.8 cm³/mol. The summed E-state index contributed by atoms with van der Waals surface area (Å²) in [6.45, 7) is 1.72. The Kier molecular flexibility index (Phi) is 20.6. The first-order chi connectivity index (χ1) is 6.00. The van der Waals surface area contributed by atoms with Gasteiger partial charge in [0.1, 0.15) is 0 Å². The van der Waals surface area contributed by atoms with Gasteiger partial charge in [-0.15, -0.1) is 25.2 Å². The van der Waals surface area contributed by atoms with Crippen LogP contribution in [0.1, 0.15) is 0 Å². The van der Waals surface area contributed by atoms with E-state index in [4.69, 9.17) is 0 Å². The first-order valence-electron chi connectivity index (χ1n) is 3.97. The largest absolute Gasteiger partial charge is 0.687 e. The molecule has 0 spiro atoms. The molecule has 2 aliphatic heterocycles. The van der Waals surface area contributed by atoms with Crippen LogP contribution in [-0.2, 0) is 20.4 Å². The first kappa shape index (κ1) is 19.7. The topological polar surface area (TPSA) is 28.2 Å². The molecule has 0 aromatic carbocycles. The van der Waals surface area contributed by atoms with Crippen LogP contribution in [0.15, 0.2) is 48.9 Å². The molecule has 0 saturated carbocycles. The Bertz CT molecular complexity index is 170. The summed E-state index contributed by atoms with van der Waals surface area (Å²) in [6.07, 6.45) is 15.5. The average Bonchev–Trinajstić information content (AvgIpc) is 2.24. The molecule has 0 radical (unpaired) electrons. The maximum absolute atomic E-state index is 3.91. The van der Waals surface area contributed by atoms with Gasteiger partial charge in [-0.3, -0.25) is 0 Å². The smallest absolute Gasteiger partial charge is 0 e. The molecular formula is C12H18N2Pd-4. The summed E-state index contributed by atoms with van der Waals surface area (Å²) in [4.78, 5) is 0. The number of hydrogen-bond donors (Lipinski definition) is 0. The molecule has 2 aliphatic rings. The summed E-state index contributed by atoms with van der Waals surface area (Å²) in [7, 11) is 0. The van der Waals surface area contributed by atoms with Gasteiger partial charge in [0.25, 0.3) is 0 Å². The van der Waals surface area contributed by atoms with Gasteiger partial charge in [0.05, 0.1) is 0 Å². The molecule has 0 aromatic rings. The molecule has 0 bridgehead atoms. The average molecular weight is 297 g/mol. The zero-order valence-electron chi connectivity index (χ0n) is 9.24. The zero-order chi connectivity index (χ0) is 8.49. The normalized spacial score (nSPS) is 13.9. The molecule has 2 heterocycles. The third-order valence-corrected chi connectivity index (χ3v) is 1.30. The van der Waals surface area contributed by atoms with E-state index in [1.54, 1.807) is 12.4 Å². The molecule has 0 atom stereocenters. The van der Waals surface area contributed by atoms with Crippen molar-refractivity contribution in [1.29, 1.82) is 0 Å². The van der Waals surface area contributed by atoms with E-state index in [9.17, 15) is 0 Å². The van der Waals surface area contributed by atoms with Crippen LogP contribution in [0.3, 0.4) is 0 Å². The summed E-state index contributed by atoms with van der Waals surface area (Å²) in [5.41, 5.74) is 0. The van der Waals surface area contributed by atoms with Crippen LogP contribution in [-0.4, -0.2) is 13.1 Å². The van der Waals surface area contributed by atoms with E-state index in [2.05, 4.69) is 10.6 Å². The van der Waals surface area contributed by atoms with Crippen LogP contribution in [0.25, 0.3) is 10.6 Å². The van der Waals surface area contributed by atoms with Gasteiger partial charge in [-0.2, -0.15) is 12.4 Å². The Balaban J connectivity index is -0.000000160. The maximum Gasteiger partial charge on any atom is 0 e. The van der Waals surface area contributed by atoms with Crippen molar-refractivity contribution in [1.82, 2.24) is 0 Å². The standard InChI is InChI=1S/2C5H6N.2CH3.Pd/c2*1-2-4-6-5-3-1;;;/h2*1-4H,5H2;2*1H3;/q4*-1;. The van der Waals surface area contributed by atoms with Crippen molar-refractivity contribution < 1.29 is 20.4 Å². The molecule has 0 unspecified atom stereocenters. The number of nitrogens with zero attached hydrogens (tertiary/aromatic N) is 2. The van der Waals surface area contributed by atoms with Crippen molar-refractivity contribution in [2.75, 3.05) is 13.1 Å². The number of rotatable bonds is 0. The van der Waals surface area contributed by atoms with Crippen LogP contribution in [0.2, 0.25) is 0 Å². The minimum Gasteiger partial charge on any atom is -0.687 e. The van der Waals surface area contributed by atoms with E-state index in [0.29, 0.717) is 0 Å². The van der Waals surface area contributed by atoms with Gasteiger partial charge in [0, 0.05) is 20.4 Å². The van der Waals surface area contributed by atoms with Gasteiger partial charge < -0.3 is 25.5 Å². The molecule has 15 heavy (non-hydrogen) atoms. The summed E-state index contributed by atoms with van der Waals surface area (Å²) >= 11 is 0. The minimum atomic E-state index is 0. The Hall–Kier alpha value is -0.778. The molecule has 3 heteroatoms. The summed E-state index contributed by atoms with van der Waals surface area (Å²) in [6, 6.07) is 0. The van der Waals surface area contributed by atoms with E-state index in [0.717, 1.165) is 13.1 Å². The van der Waals surface area contributed by atoms with Crippen LogP contribution in [0, 0.1) is 14.9 Å². The maximum atomic E-state index is 3.91. The van der Waals surface area contributed by atoms with Gasteiger partial charge in [-0.25, -0.2) is 0 Å². The predicted octanol–water partition coefficient (Wildman–Crippen LogP) is 3.79. The van der Waals surface area contributed by atoms with Crippen molar-refractivity contribution in [3.8, 4) is 0 Å². The zero-order valence-corrected chi connectivity index (χ0v) is 10.8. The van der Waals surface area contributed by atoms with Gasteiger partial charge in [-0.1, -0.05) is 24.3 Å². The third-order valence-electron chi connectivity index (χ3n) is 1.30. The van der Waals surface area contributed by atoms with Gasteiger partial charge in [-0.05, 0) is 0 Å². The molecular weight excluding hydrogens is 279 g/mol. The van der Waals surface area contributed by atoms with E-state index in [1.165, 1.54) is 0 Å². The van der Waals surface area contributed by atoms with Crippen molar-refractivity contribution in [3.63, 3.8) is 0 Å². The molecule has 0 aromatic heterocycles. The van der Waals surface area contributed by atoms with E-state index >= 15 is 0 Å². The summed E-state index contributed by atoms with van der Waals surface area (Å²) in [5.74, 6) is 0. The second-order valence-electron chi connectivity index (χ2n) is 2.27. The molecule has 0 N–H and O–H groups in total. The van der Waals surface area contributed by atoms with Gasteiger partial charge in [0.15, 0.2) is 0 Å². The first-order valence-corrected chi connectivity index (χ1v) is 3.97. The monoisotopic (exact) mass is 296 g/mol. The van der Waals surface area contributed by atoms with Crippen LogP contribution in [0.5, 0.6) is 0 Å². The fourth-order valence-corrected chi connectivity index (χ4v) is 0.743. The SMILES string of the molecule is C1=CC[N-]C=C1.C1=CC[N-]C=C1.[CH3-].[CH3-].[Pd]. The van der Waals surface area contributed by atoms with E-state index in [1.807, 2.05) is 36.5 Å². The minimum absolute atomic E-state index is 0. The molecule has 0 fully saturated rings. The Morgan fingerprint density at radius 3 is 1.13 bits per heavy atom. The second kappa shape index (κ2) is 15.7. The van der Waals surface area contributed by atoms with Gasteiger partial charge in [0.2, 0.25) is 0 Å². The van der Waals surface area contributed by atoms with Crippen LogP contribution in [0.4, 0.5) is 0 Å². The molecule has 0 amide bonds. The Morgan fingerprint density at radius 1 is 0.667 bits per heavy atom.